The molecule has 1 N–H and O–H groups in total. The van der Waals surface area contributed by atoms with E-state index < -0.39 is 11.7 Å². The molecule has 3 rings (SSSR count). The van der Waals surface area contributed by atoms with Crippen LogP contribution in [0.15, 0.2) is 42.5 Å². The third-order valence-corrected chi connectivity index (χ3v) is 4.45. The van der Waals surface area contributed by atoms with Gasteiger partial charge >= 0.3 is 6.18 Å². The summed E-state index contributed by atoms with van der Waals surface area (Å²) < 4.78 is 38.6. The molecule has 0 fully saturated rings. The predicted octanol–water partition coefficient (Wildman–Crippen LogP) is 5.08. The van der Waals surface area contributed by atoms with Gasteiger partial charge < -0.3 is 4.98 Å². The normalized spacial score (nSPS) is 13.6. The average Bonchev–Trinajstić information content (AvgIpc) is 2.92. The fourth-order valence-electron chi connectivity index (χ4n) is 2.94. The molecule has 25 heavy (non-hydrogen) atoms. The lowest BCUT2D eigenvalue weighted by molar-refractivity contribution is -0.137. The van der Waals surface area contributed by atoms with E-state index >= 15 is 0 Å². The van der Waals surface area contributed by atoms with E-state index in [1.165, 1.54) is 12.1 Å². The highest BCUT2D eigenvalue weighted by Crippen LogP contribution is 2.30. The van der Waals surface area contributed by atoms with Crippen LogP contribution in [0.3, 0.4) is 0 Å². The maximum atomic E-state index is 12.9. The third-order valence-electron chi connectivity index (χ3n) is 4.45. The van der Waals surface area contributed by atoms with Gasteiger partial charge in [0.15, 0.2) is 0 Å². The van der Waals surface area contributed by atoms with Gasteiger partial charge in [0.2, 0.25) is 0 Å². The zero-order chi connectivity index (χ0) is 18.2. The minimum Gasteiger partial charge on any atom is -0.342 e. The van der Waals surface area contributed by atoms with E-state index in [1.807, 2.05) is 44.0 Å². The number of alkyl halides is 3. The fraction of sp³-hybridized carbons (Fsp3) is 0.316. The Kier molecular flexibility index (Phi) is 4.56. The summed E-state index contributed by atoms with van der Waals surface area (Å²) in [6, 6.07) is 11.6. The first-order valence-electron chi connectivity index (χ1n) is 8.06. The number of imidazole rings is 1. The summed E-state index contributed by atoms with van der Waals surface area (Å²) in [4.78, 5) is 9.62. The Labute approximate surface area is 144 Å². The molecule has 6 heteroatoms. The molecule has 3 aromatic rings. The molecular formula is C19H20F3N3. The second-order valence-electron chi connectivity index (χ2n) is 6.39. The van der Waals surface area contributed by atoms with Gasteiger partial charge in [0.25, 0.3) is 0 Å². The Balaban J connectivity index is 1.78. The number of hydrogen-bond donors (Lipinski definition) is 1. The summed E-state index contributed by atoms with van der Waals surface area (Å²) in [6.45, 7) is 4.38. The molecule has 2 aromatic carbocycles. The zero-order valence-corrected chi connectivity index (χ0v) is 14.4. The summed E-state index contributed by atoms with van der Waals surface area (Å²) in [6.07, 6.45) is -4.32. The largest absolute Gasteiger partial charge is 0.416 e. The molecule has 0 aliphatic heterocycles. The Morgan fingerprint density at radius 2 is 1.92 bits per heavy atom. The standard InChI is InChI=1S/C19H20F3N3/c1-12(15-7-8-17-18(10-15)24-13(2)23-17)25(3)11-14-5-4-6-16(9-14)19(20,21)22/h4-10,12H,11H2,1-3H3,(H,23,24). The van der Waals surface area contributed by atoms with E-state index in [0.29, 0.717) is 12.1 Å². The van der Waals surface area contributed by atoms with Crippen molar-refractivity contribution >= 4 is 11.0 Å². The van der Waals surface area contributed by atoms with Gasteiger partial charge in [0.05, 0.1) is 16.6 Å². The third kappa shape index (κ3) is 3.85. The van der Waals surface area contributed by atoms with Crippen LogP contribution in [-0.2, 0) is 12.7 Å². The van der Waals surface area contributed by atoms with Crippen LogP contribution in [0.5, 0.6) is 0 Å². The number of fused-ring (bicyclic) bond motifs is 1. The van der Waals surface area contributed by atoms with E-state index in [4.69, 9.17) is 0 Å². The molecule has 1 atom stereocenters. The summed E-state index contributed by atoms with van der Waals surface area (Å²) in [7, 11) is 1.91. The van der Waals surface area contributed by atoms with Crippen molar-refractivity contribution in [2.75, 3.05) is 7.05 Å². The van der Waals surface area contributed by atoms with Crippen molar-refractivity contribution in [1.29, 1.82) is 0 Å². The first kappa shape index (κ1) is 17.5. The Morgan fingerprint density at radius 3 is 2.64 bits per heavy atom. The number of H-pyrrole nitrogens is 1. The van der Waals surface area contributed by atoms with E-state index in [-0.39, 0.29) is 6.04 Å². The molecule has 0 radical (unpaired) electrons. The quantitative estimate of drug-likeness (QED) is 0.713. The van der Waals surface area contributed by atoms with Crippen LogP contribution in [0.25, 0.3) is 11.0 Å². The second-order valence-corrected chi connectivity index (χ2v) is 6.39. The number of rotatable bonds is 4. The number of nitrogens with one attached hydrogen (secondary N) is 1. The smallest absolute Gasteiger partial charge is 0.342 e. The SMILES string of the molecule is Cc1nc2ccc(C(C)N(C)Cc3cccc(C(F)(F)F)c3)cc2[nH]1. The second kappa shape index (κ2) is 6.52. The molecule has 0 bridgehead atoms. The van der Waals surface area contributed by atoms with Crippen LogP contribution in [0.1, 0.15) is 35.5 Å². The van der Waals surface area contributed by atoms with Crippen molar-refractivity contribution in [2.24, 2.45) is 0 Å². The van der Waals surface area contributed by atoms with Gasteiger partial charge in [0, 0.05) is 12.6 Å². The molecule has 0 spiro atoms. The molecule has 0 aliphatic carbocycles. The molecule has 132 valence electrons. The van der Waals surface area contributed by atoms with E-state index in [1.54, 1.807) is 6.07 Å². The lowest BCUT2D eigenvalue weighted by Gasteiger charge is -2.25. The van der Waals surface area contributed by atoms with Gasteiger partial charge in [-0.15, -0.1) is 0 Å². The van der Waals surface area contributed by atoms with Crippen LogP contribution in [0.2, 0.25) is 0 Å². The van der Waals surface area contributed by atoms with Crippen LogP contribution < -0.4 is 0 Å². The lowest BCUT2D eigenvalue weighted by atomic mass is 10.0. The summed E-state index contributed by atoms with van der Waals surface area (Å²) in [5.74, 6) is 0.858. The highest BCUT2D eigenvalue weighted by molar-refractivity contribution is 5.75. The van der Waals surface area contributed by atoms with Crippen molar-refractivity contribution in [3.63, 3.8) is 0 Å². The van der Waals surface area contributed by atoms with E-state index in [0.717, 1.165) is 28.5 Å². The highest BCUT2D eigenvalue weighted by atomic mass is 19.4. The van der Waals surface area contributed by atoms with Crippen LogP contribution in [0.4, 0.5) is 13.2 Å². The van der Waals surface area contributed by atoms with Crippen LogP contribution in [0, 0.1) is 6.92 Å². The predicted molar refractivity (Wildman–Crippen MR) is 92.2 cm³/mol. The lowest BCUT2D eigenvalue weighted by Crippen LogP contribution is -2.22. The molecule has 1 heterocycles. The van der Waals surface area contributed by atoms with Gasteiger partial charge in [-0.2, -0.15) is 13.2 Å². The molecule has 3 nitrogen and oxygen atoms in total. The van der Waals surface area contributed by atoms with Crippen molar-refractivity contribution in [3.05, 3.63) is 65.0 Å². The van der Waals surface area contributed by atoms with E-state index in [9.17, 15) is 13.2 Å². The fourth-order valence-corrected chi connectivity index (χ4v) is 2.94. The Bertz CT molecular complexity index is 883. The summed E-state index contributed by atoms with van der Waals surface area (Å²) in [5.41, 5.74) is 3.00. The molecule has 1 aromatic heterocycles. The van der Waals surface area contributed by atoms with Crippen molar-refractivity contribution in [2.45, 2.75) is 32.6 Å². The Morgan fingerprint density at radius 1 is 1.16 bits per heavy atom. The van der Waals surface area contributed by atoms with Crippen LogP contribution in [-0.4, -0.2) is 21.9 Å². The monoisotopic (exact) mass is 347 g/mol. The number of aryl methyl sites for hydroxylation is 1. The number of benzene rings is 2. The van der Waals surface area contributed by atoms with Gasteiger partial charge in [-0.1, -0.05) is 24.3 Å². The molecule has 1 unspecified atom stereocenters. The first-order valence-corrected chi connectivity index (χ1v) is 8.06. The maximum absolute atomic E-state index is 12.9. The number of aromatic nitrogens is 2. The molecule has 0 saturated heterocycles. The maximum Gasteiger partial charge on any atom is 0.416 e. The van der Waals surface area contributed by atoms with E-state index in [2.05, 4.69) is 9.97 Å². The van der Waals surface area contributed by atoms with Gasteiger partial charge in [-0.05, 0) is 50.2 Å². The number of hydrogen-bond acceptors (Lipinski definition) is 2. The molecular weight excluding hydrogens is 327 g/mol. The molecule has 0 aliphatic rings. The summed E-state index contributed by atoms with van der Waals surface area (Å²) >= 11 is 0. The number of nitrogens with zero attached hydrogens (tertiary/aromatic N) is 2. The van der Waals surface area contributed by atoms with Gasteiger partial charge in [-0.25, -0.2) is 4.98 Å². The first-order chi connectivity index (χ1) is 11.7. The molecule has 0 saturated carbocycles. The van der Waals surface area contributed by atoms with Gasteiger partial charge in [0.1, 0.15) is 5.82 Å². The minimum atomic E-state index is -4.32. The average molecular weight is 347 g/mol. The molecule has 0 amide bonds. The topological polar surface area (TPSA) is 31.9 Å². The van der Waals surface area contributed by atoms with Crippen molar-refractivity contribution in [3.8, 4) is 0 Å². The minimum absolute atomic E-state index is 0.0579. The van der Waals surface area contributed by atoms with Crippen LogP contribution >= 0.6 is 0 Å². The Hall–Kier alpha value is -2.34. The zero-order valence-electron chi connectivity index (χ0n) is 14.4. The van der Waals surface area contributed by atoms with Crippen molar-refractivity contribution < 1.29 is 13.2 Å². The van der Waals surface area contributed by atoms with Crippen molar-refractivity contribution in [1.82, 2.24) is 14.9 Å². The number of halogens is 3. The highest BCUT2D eigenvalue weighted by Gasteiger charge is 2.30. The summed E-state index contributed by atoms with van der Waals surface area (Å²) in [5, 5.41) is 0. The van der Waals surface area contributed by atoms with Gasteiger partial charge in [-0.3, -0.25) is 4.90 Å². The number of aromatic amines is 1.